The van der Waals surface area contributed by atoms with Crippen molar-refractivity contribution >= 4 is 40.9 Å². The Morgan fingerprint density at radius 3 is 2.22 bits per heavy atom. The predicted molar refractivity (Wildman–Crippen MR) is 36.8 cm³/mol. The minimum absolute atomic E-state index is 0.363. The van der Waals surface area contributed by atoms with Crippen LogP contribution in [-0.2, 0) is 17.4 Å². The maximum atomic E-state index is 9.85. The quantitative estimate of drug-likeness (QED) is 0.219. The van der Waals surface area contributed by atoms with E-state index >= 15 is 0 Å². The molecule has 0 aliphatic rings. The highest BCUT2D eigenvalue weighted by Gasteiger charge is 1.87. The van der Waals surface area contributed by atoms with Crippen molar-refractivity contribution in [2.24, 2.45) is 0 Å². The molecule has 0 fully saturated rings. The Balaban J connectivity index is 4.59. The molecule has 0 bridgehead atoms. The first kappa shape index (κ1) is 8.23. The molecule has 0 aromatic heterocycles. The summed E-state index contributed by atoms with van der Waals surface area (Å²) < 4.78 is -0.363. The lowest BCUT2D eigenvalue weighted by Crippen LogP contribution is -2.27. The van der Waals surface area contributed by atoms with E-state index in [9.17, 15) is 9.90 Å². The van der Waals surface area contributed by atoms with Gasteiger partial charge in [0.1, 0.15) is 0 Å². The van der Waals surface area contributed by atoms with Crippen LogP contribution in [0.2, 0.25) is 0 Å². The molecule has 0 N–H and O–H groups in total. The van der Waals surface area contributed by atoms with E-state index in [1.165, 1.54) is 5.87 Å². The molecule has 0 radical (unpaired) electrons. The first-order chi connectivity index (χ1) is 4.09. The lowest BCUT2D eigenvalue weighted by molar-refractivity contribution is -0.298. The zero-order valence-electron chi connectivity index (χ0n) is 4.08. The second-order valence-electron chi connectivity index (χ2n) is 1.06. The maximum absolute atomic E-state index is 9.85. The van der Waals surface area contributed by atoms with Gasteiger partial charge in [0, 0.05) is 5.57 Å². The minimum atomic E-state index is -1.61. The van der Waals surface area contributed by atoms with Crippen molar-refractivity contribution in [2.75, 3.05) is 0 Å². The summed E-state index contributed by atoms with van der Waals surface area (Å²) in [5, 5.41) is 17.9. The molecule has 0 aromatic carbocycles. The van der Waals surface area contributed by atoms with Gasteiger partial charge in [0.15, 0.2) is 0 Å². The largest absolute Gasteiger partial charge is 0.763 e. The first-order valence-corrected chi connectivity index (χ1v) is 2.61. The SMILES string of the molecule is [N-]=C=C(C(=O)[O-])C(=S)[S-]. The summed E-state index contributed by atoms with van der Waals surface area (Å²) in [5.74, 6) is -0.303. The normalized spacial score (nSPS) is 7.56. The van der Waals surface area contributed by atoms with Gasteiger partial charge in [0.05, 0.1) is 5.97 Å². The minimum Gasteiger partial charge on any atom is -0.763 e. The molecule has 0 saturated carbocycles. The number of carboxylic acids is 1. The standard InChI is InChI=1S/C4H2NO2S2/c5-1-2(3(6)7)4(8)9/h(H,6,7)(H,8,9)/q-1/p-2. The fourth-order valence-corrected chi connectivity index (χ4v) is 0.433. The Hall–Kier alpha value is -0.770. The van der Waals surface area contributed by atoms with Crippen molar-refractivity contribution < 1.29 is 9.90 Å². The Morgan fingerprint density at radius 1 is 1.78 bits per heavy atom. The average Bonchev–Trinajstić information content (AvgIpc) is 1.64. The lowest BCUT2D eigenvalue weighted by atomic mass is 10.3. The number of carbonyl (C=O) groups excluding carboxylic acids is 1. The van der Waals surface area contributed by atoms with Gasteiger partial charge in [-0.15, -0.1) is 4.20 Å². The topological polar surface area (TPSA) is 62.4 Å². The summed E-state index contributed by atoms with van der Waals surface area (Å²) in [6, 6.07) is 0. The van der Waals surface area contributed by atoms with Crippen LogP contribution in [0, 0.1) is 0 Å². The van der Waals surface area contributed by atoms with E-state index in [0.717, 1.165) is 0 Å². The van der Waals surface area contributed by atoms with E-state index in [1.807, 2.05) is 0 Å². The average molecular weight is 158 g/mol. The molecule has 0 saturated heterocycles. The number of hydrogen-bond donors (Lipinski definition) is 0. The highest BCUT2D eigenvalue weighted by Crippen LogP contribution is 1.88. The zero-order valence-corrected chi connectivity index (χ0v) is 5.71. The van der Waals surface area contributed by atoms with E-state index in [1.54, 1.807) is 0 Å². The fourth-order valence-electron chi connectivity index (χ4n) is 0.175. The molecule has 0 rings (SSSR count). The lowest BCUT2D eigenvalue weighted by Gasteiger charge is -2.09. The monoisotopic (exact) mass is 158 g/mol. The second-order valence-corrected chi connectivity index (χ2v) is 2.14. The molecule has 0 aliphatic carbocycles. The summed E-state index contributed by atoms with van der Waals surface area (Å²) in [5.41, 5.74) is -0.653. The first-order valence-electron chi connectivity index (χ1n) is 1.79. The molecule has 0 unspecified atom stereocenters. The zero-order chi connectivity index (χ0) is 7.44. The smallest absolute Gasteiger partial charge is 0.0764 e. The number of rotatable bonds is 2. The molecule has 3 nitrogen and oxygen atoms in total. The summed E-state index contributed by atoms with van der Waals surface area (Å²) in [6.45, 7) is 0. The molecule has 9 heavy (non-hydrogen) atoms. The summed E-state index contributed by atoms with van der Waals surface area (Å²) in [6.07, 6.45) is 0. The van der Waals surface area contributed by atoms with Crippen LogP contribution < -0.4 is 5.11 Å². The van der Waals surface area contributed by atoms with E-state index in [2.05, 4.69) is 24.8 Å². The molecule has 5 heteroatoms. The van der Waals surface area contributed by atoms with Gasteiger partial charge in [0.2, 0.25) is 0 Å². The Kier molecular flexibility index (Phi) is 3.01. The van der Waals surface area contributed by atoms with Crippen LogP contribution in [0.3, 0.4) is 0 Å². The van der Waals surface area contributed by atoms with E-state index in [4.69, 9.17) is 5.41 Å². The Morgan fingerprint density at radius 2 is 2.22 bits per heavy atom. The van der Waals surface area contributed by atoms with Crippen LogP contribution in [0.15, 0.2) is 5.57 Å². The summed E-state index contributed by atoms with van der Waals surface area (Å²) >= 11 is 8.45. The molecule has 0 aromatic rings. The maximum Gasteiger partial charge on any atom is 0.0764 e. The van der Waals surface area contributed by atoms with Crippen molar-refractivity contribution in [1.82, 2.24) is 0 Å². The fraction of sp³-hybridized carbons (Fsp3) is 0. The number of hydrogen-bond acceptors (Lipinski definition) is 4. The molecule has 0 aliphatic heterocycles. The van der Waals surface area contributed by atoms with Crippen LogP contribution in [-0.4, -0.2) is 16.0 Å². The van der Waals surface area contributed by atoms with Crippen LogP contribution >= 0.6 is 12.2 Å². The van der Waals surface area contributed by atoms with Crippen molar-refractivity contribution in [3.8, 4) is 0 Å². The van der Waals surface area contributed by atoms with Gasteiger partial charge < -0.3 is 40.2 Å². The van der Waals surface area contributed by atoms with Gasteiger partial charge >= 0.3 is 0 Å². The highest BCUT2D eigenvalue weighted by atomic mass is 32.1. The van der Waals surface area contributed by atoms with E-state index in [0.29, 0.717) is 0 Å². The van der Waals surface area contributed by atoms with Crippen molar-refractivity contribution in [2.45, 2.75) is 0 Å². The molecular weight excluding hydrogens is 158 g/mol. The molecule has 48 valence electrons. The third-order valence-electron chi connectivity index (χ3n) is 0.520. The van der Waals surface area contributed by atoms with Gasteiger partial charge in [-0.1, -0.05) is 0 Å². The van der Waals surface area contributed by atoms with E-state index in [-0.39, 0.29) is 4.20 Å². The molecular formula is C4NO2S2-3. The molecule has 0 atom stereocenters. The number of thiocarbonyl (C=S) groups is 1. The van der Waals surface area contributed by atoms with Crippen molar-refractivity contribution in [3.63, 3.8) is 0 Å². The number of carboxylic acid groups (broad SMARTS) is 1. The summed E-state index contributed by atoms with van der Waals surface area (Å²) in [4.78, 5) is 9.85. The highest BCUT2D eigenvalue weighted by molar-refractivity contribution is 8.01. The molecule has 0 amide bonds. The Bertz CT molecular complexity index is 189. The van der Waals surface area contributed by atoms with Crippen LogP contribution in [0.4, 0.5) is 0 Å². The van der Waals surface area contributed by atoms with Crippen LogP contribution in [0.1, 0.15) is 0 Å². The number of carbonyl (C=O) groups is 1. The van der Waals surface area contributed by atoms with Crippen molar-refractivity contribution in [1.29, 1.82) is 0 Å². The van der Waals surface area contributed by atoms with Gasteiger partial charge in [-0.3, -0.25) is 5.87 Å². The molecule has 0 heterocycles. The van der Waals surface area contributed by atoms with Gasteiger partial charge in [-0.25, -0.2) is 0 Å². The number of aliphatic carboxylic acids is 1. The third-order valence-corrected chi connectivity index (χ3v) is 0.928. The van der Waals surface area contributed by atoms with E-state index < -0.39 is 11.5 Å². The van der Waals surface area contributed by atoms with Crippen molar-refractivity contribution in [3.05, 3.63) is 11.0 Å². The predicted octanol–water partition coefficient (Wildman–Crippen LogP) is -1.22. The Labute approximate surface area is 62.3 Å². The van der Waals surface area contributed by atoms with Crippen LogP contribution in [0.5, 0.6) is 0 Å². The summed E-state index contributed by atoms with van der Waals surface area (Å²) in [7, 11) is 0. The van der Waals surface area contributed by atoms with Crippen LogP contribution in [0.25, 0.3) is 5.41 Å². The van der Waals surface area contributed by atoms with Gasteiger partial charge in [-0.05, 0) is 0 Å². The van der Waals surface area contributed by atoms with Gasteiger partial charge in [-0.2, -0.15) is 0 Å². The molecule has 0 spiro atoms. The second kappa shape index (κ2) is 3.29. The van der Waals surface area contributed by atoms with Gasteiger partial charge in [0.25, 0.3) is 0 Å². The third kappa shape index (κ3) is 2.32. The number of nitrogens with zero attached hydrogens (tertiary/aromatic N) is 1.